The van der Waals surface area contributed by atoms with E-state index < -0.39 is 0 Å². The first-order chi connectivity index (χ1) is 9.16. The molecule has 0 saturated heterocycles. The summed E-state index contributed by atoms with van der Waals surface area (Å²) in [6, 6.07) is 7.10. The third-order valence-corrected chi connectivity index (χ3v) is 4.80. The zero-order valence-electron chi connectivity index (χ0n) is 11.6. The number of rotatable bonds is 1. The van der Waals surface area contributed by atoms with Crippen molar-refractivity contribution in [1.82, 2.24) is 4.98 Å². The summed E-state index contributed by atoms with van der Waals surface area (Å²) in [7, 11) is 0. The van der Waals surface area contributed by atoms with Crippen molar-refractivity contribution in [2.45, 2.75) is 52.0 Å². The second kappa shape index (κ2) is 5.20. The van der Waals surface area contributed by atoms with Crippen molar-refractivity contribution in [1.29, 1.82) is 0 Å². The van der Waals surface area contributed by atoms with E-state index >= 15 is 0 Å². The molecule has 1 heterocycles. The zero-order chi connectivity index (χ0) is 13.4. The Hall–Kier alpha value is -0.960. The van der Waals surface area contributed by atoms with Gasteiger partial charge in [-0.1, -0.05) is 22.4 Å². The predicted molar refractivity (Wildman–Crippen MR) is 81.2 cm³/mol. The Labute approximate surface area is 123 Å². The van der Waals surface area contributed by atoms with Gasteiger partial charge in [-0.3, -0.25) is 0 Å². The van der Waals surface area contributed by atoms with Crippen LogP contribution in [0.25, 0.3) is 11.0 Å². The third kappa shape index (κ3) is 2.40. The highest BCUT2D eigenvalue weighted by Crippen LogP contribution is 2.27. The zero-order valence-corrected chi connectivity index (χ0v) is 13.2. The summed E-state index contributed by atoms with van der Waals surface area (Å²) in [6.07, 6.45) is 6.72. The molecule has 1 aromatic carbocycles. The number of nitrogens with zero attached hydrogens (tertiary/aromatic N) is 2. The van der Waals surface area contributed by atoms with Crippen LogP contribution >= 0.6 is 15.9 Å². The van der Waals surface area contributed by atoms with Gasteiger partial charge in [0, 0.05) is 30.3 Å². The molecular formula is C16H20BrN2+. The Kier molecular flexibility index (Phi) is 3.57. The average molecular weight is 320 g/mol. The molecule has 1 aliphatic rings. The first kappa shape index (κ1) is 13.0. The molecule has 0 unspecified atom stereocenters. The average Bonchev–Trinajstić information content (AvgIpc) is 2.41. The van der Waals surface area contributed by atoms with Crippen molar-refractivity contribution in [3.05, 3.63) is 34.1 Å². The SMILES string of the molecule is Cc1nc2cc(Br)ccc2[n+](C2CCCCC2)c1C. The number of aromatic nitrogens is 2. The Morgan fingerprint density at radius 3 is 2.63 bits per heavy atom. The van der Waals surface area contributed by atoms with Crippen LogP contribution in [0.1, 0.15) is 49.5 Å². The van der Waals surface area contributed by atoms with Crippen LogP contribution in [-0.4, -0.2) is 4.98 Å². The van der Waals surface area contributed by atoms with Gasteiger partial charge in [-0.15, -0.1) is 0 Å². The standard InChI is InChI=1S/C16H20BrN2/c1-11-12(2)19(14-6-4-3-5-7-14)16-9-8-13(17)10-15(16)18-11/h8-10,14H,3-7H2,1-2H3/q+1. The fourth-order valence-electron chi connectivity index (χ4n) is 3.22. The topological polar surface area (TPSA) is 16.8 Å². The van der Waals surface area contributed by atoms with Crippen molar-refractivity contribution in [2.24, 2.45) is 0 Å². The van der Waals surface area contributed by atoms with Gasteiger partial charge in [-0.25, -0.2) is 4.98 Å². The van der Waals surface area contributed by atoms with E-state index in [0.717, 1.165) is 15.7 Å². The minimum absolute atomic E-state index is 0.652. The molecule has 3 heteroatoms. The first-order valence-electron chi connectivity index (χ1n) is 7.15. The molecular weight excluding hydrogens is 300 g/mol. The van der Waals surface area contributed by atoms with Gasteiger partial charge in [0.25, 0.3) is 0 Å². The molecule has 2 nitrogen and oxygen atoms in total. The number of halogens is 1. The quantitative estimate of drug-likeness (QED) is 0.711. The molecule has 3 rings (SSSR count). The summed E-state index contributed by atoms with van der Waals surface area (Å²) < 4.78 is 3.63. The Morgan fingerprint density at radius 2 is 1.89 bits per heavy atom. The lowest BCUT2D eigenvalue weighted by atomic mass is 9.94. The van der Waals surface area contributed by atoms with Crippen molar-refractivity contribution in [3.8, 4) is 0 Å². The summed E-state index contributed by atoms with van der Waals surface area (Å²) >= 11 is 3.55. The van der Waals surface area contributed by atoms with Crippen molar-refractivity contribution in [3.63, 3.8) is 0 Å². The van der Waals surface area contributed by atoms with Crippen LogP contribution in [0, 0.1) is 13.8 Å². The summed E-state index contributed by atoms with van der Waals surface area (Å²) in [5.41, 5.74) is 4.85. The fraction of sp³-hybridized carbons (Fsp3) is 0.500. The lowest BCUT2D eigenvalue weighted by molar-refractivity contribution is -0.707. The first-order valence-corrected chi connectivity index (χ1v) is 7.94. The van der Waals surface area contributed by atoms with Gasteiger partial charge < -0.3 is 0 Å². The second-order valence-electron chi connectivity index (χ2n) is 5.58. The van der Waals surface area contributed by atoms with Gasteiger partial charge in [0.05, 0.1) is 0 Å². The molecule has 0 aliphatic heterocycles. The van der Waals surface area contributed by atoms with E-state index in [9.17, 15) is 0 Å². The lowest BCUT2D eigenvalue weighted by Gasteiger charge is -2.20. The van der Waals surface area contributed by atoms with E-state index in [1.54, 1.807) is 0 Å². The van der Waals surface area contributed by atoms with Gasteiger partial charge in [0.2, 0.25) is 5.52 Å². The maximum Gasteiger partial charge on any atom is 0.231 e. The molecule has 0 spiro atoms. The van der Waals surface area contributed by atoms with Crippen LogP contribution in [0.5, 0.6) is 0 Å². The molecule has 1 fully saturated rings. The summed E-state index contributed by atoms with van der Waals surface area (Å²) in [5.74, 6) is 0. The van der Waals surface area contributed by atoms with E-state index in [4.69, 9.17) is 4.98 Å². The Balaban J connectivity index is 2.22. The van der Waals surface area contributed by atoms with Crippen LogP contribution in [0.15, 0.2) is 22.7 Å². The van der Waals surface area contributed by atoms with E-state index in [2.05, 4.69) is 52.5 Å². The Morgan fingerprint density at radius 1 is 1.16 bits per heavy atom. The van der Waals surface area contributed by atoms with E-state index in [1.807, 2.05) is 0 Å². The lowest BCUT2D eigenvalue weighted by Crippen LogP contribution is -2.45. The maximum atomic E-state index is 4.74. The predicted octanol–water partition coefficient (Wildman–Crippen LogP) is 4.41. The van der Waals surface area contributed by atoms with E-state index in [-0.39, 0.29) is 0 Å². The molecule has 0 bridgehead atoms. The number of hydrogen-bond acceptors (Lipinski definition) is 1. The molecule has 0 radical (unpaired) electrons. The molecule has 0 amide bonds. The van der Waals surface area contributed by atoms with Crippen LogP contribution in [0.4, 0.5) is 0 Å². The summed E-state index contributed by atoms with van der Waals surface area (Å²) in [5, 5.41) is 0. The van der Waals surface area contributed by atoms with E-state index in [1.165, 1.54) is 43.3 Å². The smallest absolute Gasteiger partial charge is 0.231 e. The summed E-state index contributed by atoms with van der Waals surface area (Å²) in [4.78, 5) is 4.74. The monoisotopic (exact) mass is 319 g/mol. The van der Waals surface area contributed by atoms with Crippen LogP contribution < -0.4 is 4.57 Å². The van der Waals surface area contributed by atoms with Gasteiger partial charge in [0.15, 0.2) is 11.7 Å². The molecule has 19 heavy (non-hydrogen) atoms. The van der Waals surface area contributed by atoms with Gasteiger partial charge in [0.1, 0.15) is 11.2 Å². The highest BCUT2D eigenvalue weighted by atomic mass is 79.9. The minimum Gasteiger partial charge on any atom is -0.240 e. The number of hydrogen-bond donors (Lipinski definition) is 0. The van der Waals surface area contributed by atoms with Crippen LogP contribution in [0.3, 0.4) is 0 Å². The van der Waals surface area contributed by atoms with Crippen molar-refractivity contribution >= 4 is 27.0 Å². The normalized spacial score (nSPS) is 17.0. The molecule has 1 aliphatic carbocycles. The maximum absolute atomic E-state index is 4.74. The third-order valence-electron chi connectivity index (χ3n) is 4.31. The highest BCUT2D eigenvalue weighted by Gasteiger charge is 2.27. The van der Waals surface area contributed by atoms with Crippen molar-refractivity contribution in [2.75, 3.05) is 0 Å². The highest BCUT2D eigenvalue weighted by molar-refractivity contribution is 9.10. The molecule has 100 valence electrons. The van der Waals surface area contributed by atoms with Gasteiger partial charge in [-0.05, 0) is 31.9 Å². The van der Waals surface area contributed by atoms with E-state index in [0.29, 0.717) is 6.04 Å². The molecule has 0 N–H and O–H groups in total. The van der Waals surface area contributed by atoms with Crippen LogP contribution in [0.2, 0.25) is 0 Å². The number of benzene rings is 1. The van der Waals surface area contributed by atoms with Gasteiger partial charge in [-0.2, -0.15) is 4.57 Å². The Bertz CT molecular complexity index is 616. The minimum atomic E-state index is 0.652. The summed E-state index contributed by atoms with van der Waals surface area (Å²) in [6.45, 7) is 4.33. The molecule has 0 atom stereocenters. The second-order valence-corrected chi connectivity index (χ2v) is 6.49. The molecule has 1 saturated carbocycles. The fourth-order valence-corrected chi connectivity index (χ4v) is 3.57. The van der Waals surface area contributed by atoms with Crippen molar-refractivity contribution < 1.29 is 4.57 Å². The van der Waals surface area contributed by atoms with Gasteiger partial charge >= 0.3 is 0 Å². The van der Waals surface area contributed by atoms with Crippen LogP contribution in [-0.2, 0) is 0 Å². The number of fused-ring (bicyclic) bond motifs is 1. The number of aryl methyl sites for hydroxylation is 1. The molecule has 1 aromatic heterocycles. The largest absolute Gasteiger partial charge is 0.240 e. The molecule has 2 aromatic rings.